The van der Waals surface area contributed by atoms with Crippen molar-refractivity contribution in [2.45, 2.75) is 18.6 Å². The highest BCUT2D eigenvalue weighted by Gasteiger charge is 2.30. The molecule has 1 heterocycles. The van der Waals surface area contributed by atoms with Crippen molar-refractivity contribution in [3.63, 3.8) is 0 Å². The van der Waals surface area contributed by atoms with Crippen LogP contribution in [0.25, 0.3) is 0 Å². The van der Waals surface area contributed by atoms with Crippen LogP contribution < -0.4 is 10.6 Å². The Labute approximate surface area is 91.8 Å². The minimum absolute atomic E-state index is 0.127. The van der Waals surface area contributed by atoms with Gasteiger partial charge in [-0.2, -0.15) is 13.2 Å². The molecule has 1 aliphatic heterocycles. The van der Waals surface area contributed by atoms with Crippen molar-refractivity contribution in [2.75, 3.05) is 18.0 Å². The summed E-state index contributed by atoms with van der Waals surface area (Å²) in [6.07, 6.45) is -3.37. The first-order valence-electron chi connectivity index (χ1n) is 5.14. The standard InChI is InChI=1S/C11H13F3N2/c12-11(13,14)8-1-3-10(4-2-8)16-6-5-9(15)7-16/h1-4,9H,5-7,15H2. The highest BCUT2D eigenvalue weighted by atomic mass is 19.4. The fourth-order valence-electron chi connectivity index (χ4n) is 1.88. The molecule has 1 unspecified atom stereocenters. The Hall–Kier alpha value is -1.23. The van der Waals surface area contributed by atoms with Gasteiger partial charge in [-0.25, -0.2) is 0 Å². The Kier molecular flexibility index (Phi) is 2.80. The van der Waals surface area contributed by atoms with Crippen molar-refractivity contribution in [1.29, 1.82) is 0 Å². The van der Waals surface area contributed by atoms with E-state index in [1.54, 1.807) is 0 Å². The third-order valence-electron chi connectivity index (χ3n) is 2.78. The van der Waals surface area contributed by atoms with Crippen LogP contribution in [0, 0.1) is 0 Å². The first-order valence-corrected chi connectivity index (χ1v) is 5.14. The molecular formula is C11H13F3N2. The predicted molar refractivity (Wildman–Crippen MR) is 56.2 cm³/mol. The lowest BCUT2D eigenvalue weighted by Gasteiger charge is -2.18. The quantitative estimate of drug-likeness (QED) is 0.801. The molecule has 1 fully saturated rings. The lowest BCUT2D eigenvalue weighted by Crippen LogP contribution is -2.26. The molecule has 0 aliphatic carbocycles. The molecule has 1 aliphatic rings. The summed E-state index contributed by atoms with van der Waals surface area (Å²) in [7, 11) is 0. The Morgan fingerprint density at radius 2 is 1.81 bits per heavy atom. The summed E-state index contributed by atoms with van der Waals surface area (Å²) >= 11 is 0. The van der Waals surface area contributed by atoms with Crippen LogP contribution in [-0.4, -0.2) is 19.1 Å². The number of hydrogen-bond acceptors (Lipinski definition) is 2. The summed E-state index contributed by atoms with van der Waals surface area (Å²) in [5, 5.41) is 0. The fraction of sp³-hybridized carbons (Fsp3) is 0.455. The molecule has 0 saturated carbocycles. The average Bonchev–Trinajstić information content (AvgIpc) is 2.64. The predicted octanol–water partition coefficient (Wildman–Crippen LogP) is 2.24. The molecule has 2 nitrogen and oxygen atoms in total. The smallest absolute Gasteiger partial charge is 0.370 e. The summed E-state index contributed by atoms with van der Waals surface area (Å²) in [4.78, 5) is 2.00. The van der Waals surface area contributed by atoms with E-state index in [0.717, 1.165) is 30.8 Å². The van der Waals surface area contributed by atoms with E-state index in [1.807, 2.05) is 4.90 Å². The van der Waals surface area contributed by atoms with Crippen LogP contribution >= 0.6 is 0 Å². The summed E-state index contributed by atoms with van der Waals surface area (Å²) in [6, 6.07) is 5.35. The van der Waals surface area contributed by atoms with Gasteiger partial charge in [0.2, 0.25) is 0 Å². The topological polar surface area (TPSA) is 29.3 Å². The zero-order chi connectivity index (χ0) is 11.8. The van der Waals surface area contributed by atoms with Gasteiger partial charge in [0.15, 0.2) is 0 Å². The Morgan fingerprint density at radius 1 is 1.19 bits per heavy atom. The first kappa shape index (κ1) is 11.3. The first-order chi connectivity index (χ1) is 7.47. The third kappa shape index (κ3) is 2.29. The van der Waals surface area contributed by atoms with E-state index in [2.05, 4.69) is 0 Å². The van der Waals surface area contributed by atoms with Crippen LogP contribution in [0.3, 0.4) is 0 Å². The van der Waals surface area contributed by atoms with Crippen LogP contribution in [0.5, 0.6) is 0 Å². The molecular weight excluding hydrogens is 217 g/mol. The van der Waals surface area contributed by atoms with Gasteiger partial charge >= 0.3 is 6.18 Å². The molecule has 2 N–H and O–H groups in total. The van der Waals surface area contributed by atoms with Crippen molar-refractivity contribution >= 4 is 5.69 Å². The highest BCUT2D eigenvalue weighted by Crippen LogP contribution is 2.31. The molecule has 1 aromatic carbocycles. The molecule has 1 atom stereocenters. The molecule has 0 radical (unpaired) electrons. The molecule has 1 aromatic rings. The molecule has 88 valence electrons. The summed E-state index contributed by atoms with van der Waals surface area (Å²) in [6.45, 7) is 1.53. The zero-order valence-corrected chi connectivity index (χ0v) is 8.67. The van der Waals surface area contributed by atoms with Crippen LogP contribution in [-0.2, 0) is 6.18 Å². The van der Waals surface area contributed by atoms with Crippen molar-refractivity contribution in [1.82, 2.24) is 0 Å². The number of alkyl halides is 3. The maximum absolute atomic E-state index is 12.3. The normalized spacial score (nSPS) is 21.5. The maximum Gasteiger partial charge on any atom is 0.416 e. The van der Waals surface area contributed by atoms with Crippen LogP contribution in [0.1, 0.15) is 12.0 Å². The van der Waals surface area contributed by atoms with Gasteiger partial charge in [-0.1, -0.05) is 0 Å². The molecule has 0 amide bonds. The minimum atomic E-state index is -4.26. The van der Waals surface area contributed by atoms with Gasteiger partial charge in [-0.3, -0.25) is 0 Å². The number of rotatable bonds is 1. The molecule has 5 heteroatoms. The average molecular weight is 230 g/mol. The second-order valence-corrected chi connectivity index (χ2v) is 4.04. The second kappa shape index (κ2) is 3.97. The molecule has 0 bridgehead atoms. The molecule has 0 aromatic heterocycles. The van der Waals surface area contributed by atoms with Crippen molar-refractivity contribution in [3.05, 3.63) is 29.8 Å². The summed E-state index contributed by atoms with van der Waals surface area (Å²) in [5.74, 6) is 0. The lowest BCUT2D eigenvalue weighted by molar-refractivity contribution is -0.137. The fourth-order valence-corrected chi connectivity index (χ4v) is 1.88. The SMILES string of the molecule is NC1CCN(c2ccc(C(F)(F)F)cc2)C1. The number of nitrogens with two attached hydrogens (primary N) is 1. The van der Waals surface area contributed by atoms with Crippen LogP contribution in [0.2, 0.25) is 0 Å². The maximum atomic E-state index is 12.3. The molecule has 2 rings (SSSR count). The molecule has 16 heavy (non-hydrogen) atoms. The Morgan fingerprint density at radius 3 is 2.25 bits per heavy atom. The largest absolute Gasteiger partial charge is 0.416 e. The van der Waals surface area contributed by atoms with Gasteiger partial charge in [0, 0.05) is 24.8 Å². The third-order valence-corrected chi connectivity index (χ3v) is 2.78. The van der Waals surface area contributed by atoms with E-state index in [1.165, 1.54) is 12.1 Å². The van der Waals surface area contributed by atoms with Crippen molar-refractivity contribution in [3.8, 4) is 0 Å². The van der Waals surface area contributed by atoms with Gasteiger partial charge in [0.25, 0.3) is 0 Å². The summed E-state index contributed by atoms with van der Waals surface area (Å²) < 4.78 is 37.0. The number of hydrogen-bond donors (Lipinski definition) is 1. The monoisotopic (exact) mass is 230 g/mol. The summed E-state index contributed by atoms with van der Waals surface area (Å²) in [5.41, 5.74) is 5.94. The van der Waals surface area contributed by atoms with Gasteiger partial charge in [-0.05, 0) is 30.7 Å². The second-order valence-electron chi connectivity index (χ2n) is 4.04. The number of benzene rings is 1. The number of nitrogens with zero attached hydrogens (tertiary/aromatic N) is 1. The van der Waals surface area contributed by atoms with E-state index in [0.29, 0.717) is 6.54 Å². The Bertz CT molecular complexity index is 358. The van der Waals surface area contributed by atoms with E-state index in [4.69, 9.17) is 5.73 Å². The van der Waals surface area contributed by atoms with Crippen molar-refractivity contribution in [2.24, 2.45) is 5.73 Å². The van der Waals surface area contributed by atoms with Crippen LogP contribution in [0.4, 0.5) is 18.9 Å². The zero-order valence-electron chi connectivity index (χ0n) is 8.67. The van der Waals surface area contributed by atoms with E-state index >= 15 is 0 Å². The number of anilines is 1. The molecule has 1 saturated heterocycles. The highest BCUT2D eigenvalue weighted by molar-refractivity contribution is 5.49. The van der Waals surface area contributed by atoms with E-state index < -0.39 is 11.7 Å². The minimum Gasteiger partial charge on any atom is -0.370 e. The molecule has 0 spiro atoms. The van der Waals surface area contributed by atoms with Crippen molar-refractivity contribution < 1.29 is 13.2 Å². The number of halogens is 3. The van der Waals surface area contributed by atoms with Gasteiger partial charge in [0.1, 0.15) is 0 Å². The lowest BCUT2D eigenvalue weighted by atomic mass is 10.2. The van der Waals surface area contributed by atoms with Gasteiger partial charge in [0.05, 0.1) is 5.56 Å². The van der Waals surface area contributed by atoms with Crippen LogP contribution in [0.15, 0.2) is 24.3 Å². The van der Waals surface area contributed by atoms with Gasteiger partial charge < -0.3 is 10.6 Å². The van der Waals surface area contributed by atoms with E-state index in [9.17, 15) is 13.2 Å². The van der Waals surface area contributed by atoms with E-state index in [-0.39, 0.29) is 6.04 Å². The Balaban J connectivity index is 2.14. The van der Waals surface area contributed by atoms with Gasteiger partial charge in [-0.15, -0.1) is 0 Å².